The van der Waals surface area contributed by atoms with Crippen molar-refractivity contribution in [1.82, 2.24) is 0 Å². The lowest BCUT2D eigenvalue weighted by Gasteiger charge is -1.88. The fraction of sp³-hybridized carbons (Fsp3) is 0. The van der Waals surface area contributed by atoms with Crippen molar-refractivity contribution in [3.05, 3.63) is 29.8 Å². The number of carbonyl (C=O) groups is 1. The summed E-state index contributed by atoms with van der Waals surface area (Å²) in [6, 6.07) is 6.07. The molecule has 11 heavy (non-hydrogen) atoms. The van der Waals surface area contributed by atoms with Gasteiger partial charge in [0.15, 0.2) is 0 Å². The van der Waals surface area contributed by atoms with Gasteiger partial charge in [0.05, 0.1) is 0 Å². The van der Waals surface area contributed by atoms with Gasteiger partial charge < -0.3 is 5.11 Å². The topological polar surface area (TPSA) is 37.3 Å². The maximum absolute atomic E-state index is 10.0. The maximum Gasteiger partial charge on any atom is 0.150 e. The summed E-state index contributed by atoms with van der Waals surface area (Å²) in [7, 11) is 0. The Kier molecular flexibility index (Phi) is 7.05. The van der Waals surface area contributed by atoms with Crippen LogP contribution in [0.15, 0.2) is 24.3 Å². The average molecular weight is 195 g/mol. The zero-order valence-electron chi connectivity index (χ0n) is 5.56. The molecule has 2 nitrogen and oxygen atoms in total. The van der Waals surface area contributed by atoms with E-state index in [1.807, 2.05) is 0 Å². The lowest BCUT2D eigenvalue weighted by molar-refractivity contribution is 0.112. The van der Waals surface area contributed by atoms with Crippen LogP contribution in [0, 0.1) is 0 Å². The van der Waals surface area contributed by atoms with Crippen LogP contribution in [-0.4, -0.2) is 11.4 Å². The molecule has 1 N–H and O–H groups in total. The van der Waals surface area contributed by atoms with E-state index in [0.717, 1.165) is 6.29 Å². The summed E-state index contributed by atoms with van der Waals surface area (Å²) < 4.78 is 0. The standard InChI is InChI=1S/C7H6O2.2ClH/c8-5-6-1-3-7(9)4-2-6;;/h1-5,9H;2*1H. The van der Waals surface area contributed by atoms with E-state index < -0.39 is 0 Å². The normalized spacial score (nSPS) is 7.27. The lowest BCUT2D eigenvalue weighted by atomic mass is 10.2. The van der Waals surface area contributed by atoms with Crippen molar-refractivity contribution in [1.29, 1.82) is 0 Å². The second-order valence-corrected chi connectivity index (χ2v) is 1.71. The van der Waals surface area contributed by atoms with Gasteiger partial charge in [0.1, 0.15) is 12.0 Å². The monoisotopic (exact) mass is 194 g/mol. The lowest BCUT2D eigenvalue weighted by Crippen LogP contribution is -1.74. The van der Waals surface area contributed by atoms with Crippen LogP contribution < -0.4 is 0 Å². The average Bonchev–Trinajstić information content (AvgIpc) is 1.90. The number of benzene rings is 1. The highest BCUT2D eigenvalue weighted by molar-refractivity contribution is 5.85. The molecule has 62 valence electrons. The number of phenols is 1. The molecular weight excluding hydrogens is 187 g/mol. The Morgan fingerprint density at radius 2 is 1.55 bits per heavy atom. The second-order valence-electron chi connectivity index (χ2n) is 1.71. The molecule has 0 atom stereocenters. The van der Waals surface area contributed by atoms with E-state index in [0.29, 0.717) is 5.56 Å². The van der Waals surface area contributed by atoms with Gasteiger partial charge in [-0.1, -0.05) is 0 Å². The van der Waals surface area contributed by atoms with Crippen LogP contribution >= 0.6 is 24.8 Å². The van der Waals surface area contributed by atoms with Gasteiger partial charge >= 0.3 is 0 Å². The second kappa shape index (κ2) is 6.01. The Labute approximate surface area is 77.1 Å². The van der Waals surface area contributed by atoms with Gasteiger partial charge in [-0.15, -0.1) is 24.8 Å². The van der Waals surface area contributed by atoms with Crippen LogP contribution in [0.4, 0.5) is 0 Å². The molecule has 0 unspecified atom stereocenters. The van der Waals surface area contributed by atoms with Gasteiger partial charge in [0, 0.05) is 5.56 Å². The minimum atomic E-state index is 0. The first kappa shape index (κ1) is 12.9. The summed E-state index contributed by atoms with van der Waals surface area (Å²) in [6.45, 7) is 0. The Bertz CT molecular complexity index is 208. The molecule has 0 spiro atoms. The molecular formula is C7H8Cl2O2. The number of hydrogen-bond donors (Lipinski definition) is 1. The summed E-state index contributed by atoms with van der Waals surface area (Å²) in [5, 5.41) is 8.74. The van der Waals surface area contributed by atoms with Crippen molar-refractivity contribution in [3.8, 4) is 5.75 Å². The van der Waals surface area contributed by atoms with E-state index in [-0.39, 0.29) is 30.6 Å². The first-order valence-electron chi connectivity index (χ1n) is 2.57. The molecule has 0 aliphatic heterocycles. The molecule has 0 radical (unpaired) electrons. The van der Waals surface area contributed by atoms with Gasteiger partial charge in [-0.25, -0.2) is 0 Å². The van der Waals surface area contributed by atoms with E-state index in [9.17, 15) is 4.79 Å². The summed E-state index contributed by atoms with van der Waals surface area (Å²) in [4.78, 5) is 10.0. The predicted octanol–water partition coefficient (Wildman–Crippen LogP) is 2.05. The number of rotatable bonds is 1. The number of aromatic hydroxyl groups is 1. The summed E-state index contributed by atoms with van der Waals surface area (Å²) in [5.74, 6) is 0.181. The third kappa shape index (κ3) is 3.86. The zero-order valence-corrected chi connectivity index (χ0v) is 7.19. The van der Waals surface area contributed by atoms with Crippen LogP contribution in [0.25, 0.3) is 0 Å². The van der Waals surface area contributed by atoms with Crippen molar-refractivity contribution >= 4 is 31.1 Å². The van der Waals surface area contributed by atoms with Crippen molar-refractivity contribution in [2.75, 3.05) is 0 Å². The molecule has 0 saturated heterocycles. The minimum Gasteiger partial charge on any atom is -0.508 e. The maximum atomic E-state index is 10.0. The molecule has 0 heterocycles. The fourth-order valence-corrected chi connectivity index (χ4v) is 0.553. The molecule has 4 heteroatoms. The number of phenolic OH excluding ortho intramolecular Hbond substituents is 1. The molecule has 0 bridgehead atoms. The quantitative estimate of drug-likeness (QED) is 0.696. The third-order valence-corrected chi connectivity index (χ3v) is 1.03. The van der Waals surface area contributed by atoms with E-state index in [1.54, 1.807) is 12.1 Å². The number of aldehydes is 1. The van der Waals surface area contributed by atoms with Crippen LogP contribution in [0.3, 0.4) is 0 Å². The molecule has 0 aromatic heterocycles. The van der Waals surface area contributed by atoms with E-state index in [1.165, 1.54) is 12.1 Å². The first-order chi connectivity index (χ1) is 4.33. The third-order valence-electron chi connectivity index (χ3n) is 1.03. The molecule has 0 saturated carbocycles. The highest BCUT2D eigenvalue weighted by atomic mass is 35.5. The van der Waals surface area contributed by atoms with Crippen LogP contribution in [0.2, 0.25) is 0 Å². The molecule has 1 rings (SSSR count). The SMILES string of the molecule is Cl.Cl.O=Cc1ccc(O)cc1. The zero-order chi connectivity index (χ0) is 6.69. The largest absolute Gasteiger partial charge is 0.508 e. The van der Waals surface area contributed by atoms with Gasteiger partial charge in [-0.05, 0) is 24.3 Å². The molecule has 0 aliphatic carbocycles. The number of halogens is 2. The highest BCUT2D eigenvalue weighted by Crippen LogP contribution is 2.07. The Balaban J connectivity index is 0. The predicted molar refractivity (Wildman–Crippen MR) is 48.0 cm³/mol. The van der Waals surface area contributed by atoms with E-state index in [2.05, 4.69) is 0 Å². The number of carbonyl (C=O) groups excluding carboxylic acids is 1. The van der Waals surface area contributed by atoms with E-state index in [4.69, 9.17) is 5.11 Å². The number of hydrogen-bond acceptors (Lipinski definition) is 2. The van der Waals surface area contributed by atoms with Gasteiger partial charge in [0.2, 0.25) is 0 Å². The van der Waals surface area contributed by atoms with Gasteiger partial charge in [-0.3, -0.25) is 4.79 Å². The van der Waals surface area contributed by atoms with Gasteiger partial charge in [0.25, 0.3) is 0 Å². The molecule has 0 aliphatic rings. The molecule has 1 aromatic rings. The smallest absolute Gasteiger partial charge is 0.150 e. The first-order valence-corrected chi connectivity index (χ1v) is 2.57. The molecule has 0 amide bonds. The summed E-state index contributed by atoms with van der Waals surface area (Å²) in [5.41, 5.74) is 0.577. The van der Waals surface area contributed by atoms with E-state index >= 15 is 0 Å². The Hall–Kier alpha value is -0.730. The molecule has 1 aromatic carbocycles. The van der Waals surface area contributed by atoms with Crippen molar-refractivity contribution in [2.24, 2.45) is 0 Å². The van der Waals surface area contributed by atoms with Crippen LogP contribution in [-0.2, 0) is 0 Å². The van der Waals surface area contributed by atoms with Crippen molar-refractivity contribution < 1.29 is 9.90 Å². The van der Waals surface area contributed by atoms with Crippen molar-refractivity contribution in [3.63, 3.8) is 0 Å². The van der Waals surface area contributed by atoms with Crippen LogP contribution in [0.1, 0.15) is 10.4 Å². The summed E-state index contributed by atoms with van der Waals surface area (Å²) >= 11 is 0. The summed E-state index contributed by atoms with van der Waals surface area (Å²) in [6.07, 6.45) is 0.736. The highest BCUT2D eigenvalue weighted by Gasteiger charge is 1.86. The van der Waals surface area contributed by atoms with Crippen molar-refractivity contribution in [2.45, 2.75) is 0 Å². The van der Waals surface area contributed by atoms with Gasteiger partial charge in [-0.2, -0.15) is 0 Å². The van der Waals surface area contributed by atoms with Crippen LogP contribution in [0.5, 0.6) is 5.75 Å². The minimum absolute atomic E-state index is 0. The Morgan fingerprint density at radius 1 is 1.09 bits per heavy atom. The fourth-order valence-electron chi connectivity index (χ4n) is 0.553. The Morgan fingerprint density at radius 3 is 1.91 bits per heavy atom. The molecule has 0 fully saturated rings.